The van der Waals surface area contributed by atoms with Crippen LogP contribution in [0.4, 0.5) is 0 Å². The Morgan fingerprint density at radius 3 is 1.57 bits per heavy atom. The SMILES string of the molecule is CC(C)(C)c1cc(CP(=O)([O-])[O-])cc(C(C)(C)C)c1O.[Ni+2]. The summed E-state index contributed by atoms with van der Waals surface area (Å²) in [6.07, 6.45) is -0.528. The van der Waals surface area contributed by atoms with Gasteiger partial charge in [0.1, 0.15) is 5.75 Å². The summed E-state index contributed by atoms with van der Waals surface area (Å²) >= 11 is 0. The Balaban J connectivity index is 0.00000400. The molecule has 0 saturated carbocycles. The summed E-state index contributed by atoms with van der Waals surface area (Å²) in [7, 11) is -4.63. The molecular weight excluding hydrogens is 334 g/mol. The first kappa shape index (κ1) is 20.7. The van der Waals surface area contributed by atoms with Gasteiger partial charge in [0.15, 0.2) is 0 Å². The van der Waals surface area contributed by atoms with Gasteiger partial charge in [-0.25, -0.2) is 0 Å². The maximum atomic E-state index is 11.0. The molecule has 1 N–H and O–H groups in total. The molecule has 21 heavy (non-hydrogen) atoms. The van der Waals surface area contributed by atoms with Crippen molar-refractivity contribution in [1.29, 1.82) is 0 Å². The van der Waals surface area contributed by atoms with Crippen LogP contribution < -0.4 is 9.79 Å². The summed E-state index contributed by atoms with van der Waals surface area (Å²) in [4.78, 5) is 22.0. The number of aromatic hydroxyl groups is 1. The van der Waals surface area contributed by atoms with Gasteiger partial charge in [-0.05, 0) is 27.5 Å². The van der Waals surface area contributed by atoms with Gasteiger partial charge < -0.3 is 19.5 Å². The van der Waals surface area contributed by atoms with E-state index < -0.39 is 13.8 Å². The van der Waals surface area contributed by atoms with E-state index in [2.05, 4.69) is 0 Å². The van der Waals surface area contributed by atoms with E-state index in [1.54, 1.807) is 12.1 Å². The molecule has 0 amide bonds. The van der Waals surface area contributed by atoms with E-state index in [1.807, 2.05) is 41.5 Å². The van der Waals surface area contributed by atoms with E-state index in [4.69, 9.17) is 0 Å². The average Bonchev–Trinajstić information content (AvgIpc) is 2.14. The van der Waals surface area contributed by atoms with Crippen molar-refractivity contribution in [3.63, 3.8) is 0 Å². The molecule has 0 aromatic heterocycles. The Morgan fingerprint density at radius 2 is 1.33 bits per heavy atom. The summed E-state index contributed by atoms with van der Waals surface area (Å²) in [5.74, 6) is 0.181. The minimum Gasteiger partial charge on any atom is -0.810 e. The molecule has 0 heterocycles. The van der Waals surface area contributed by atoms with Crippen LogP contribution in [-0.4, -0.2) is 5.11 Å². The number of phenols is 1. The van der Waals surface area contributed by atoms with Crippen molar-refractivity contribution in [2.24, 2.45) is 0 Å². The van der Waals surface area contributed by atoms with Gasteiger partial charge in [-0.2, -0.15) is 0 Å². The largest absolute Gasteiger partial charge is 2.00 e. The zero-order chi connectivity index (χ0) is 15.9. The van der Waals surface area contributed by atoms with Crippen molar-refractivity contribution in [3.8, 4) is 5.75 Å². The maximum Gasteiger partial charge on any atom is 2.00 e. The van der Waals surface area contributed by atoms with E-state index in [9.17, 15) is 19.5 Å². The molecule has 1 aromatic rings. The number of phenolic OH excluding ortho intramolecular Hbond substituents is 1. The van der Waals surface area contributed by atoms with Crippen LogP contribution in [0, 0.1) is 0 Å². The van der Waals surface area contributed by atoms with Crippen LogP contribution in [0.25, 0.3) is 0 Å². The molecule has 0 aliphatic rings. The standard InChI is InChI=1S/C15H25O4P.Ni/c1-14(2,3)11-7-10(9-20(17,18)19)8-12(13(11)16)15(4,5)6;/h7-8,16H,9H2,1-6H3,(H2,17,18,19);/q;+2/p-2. The van der Waals surface area contributed by atoms with Gasteiger partial charge in [0.2, 0.25) is 0 Å². The number of hydrogen-bond acceptors (Lipinski definition) is 4. The Hall–Kier alpha value is -0.336. The first-order chi connectivity index (χ1) is 8.72. The fourth-order valence-electron chi connectivity index (χ4n) is 2.15. The van der Waals surface area contributed by atoms with Crippen molar-refractivity contribution in [3.05, 3.63) is 28.8 Å². The minimum absolute atomic E-state index is 0. The minimum atomic E-state index is -4.63. The van der Waals surface area contributed by atoms with Gasteiger partial charge in [-0.1, -0.05) is 61.3 Å². The smallest absolute Gasteiger partial charge is 0.810 e. The molecule has 4 nitrogen and oxygen atoms in total. The Kier molecular flexibility index (Phi) is 6.32. The normalized spacial score (nSPS) is 13.0. The Morgan fingerprint density at radius 1 is 1.00 bits per heavy atom. The van der Waals surface area contributed by atoms with Crippen molar-refractivity contribution >= 4 is 7.60 Å². The van der Waals surface area contributed by atoms with Crippen LogP contribution in [0.2, 0.25) is 0 Å². The number of hydrogen-bond donors (Lipinski definition) is 1. The second kappa shape index (κ2) is 6.42. The molecule has 0 aliphatic heterocycles. The third-order valence-electron chi connectivity index (χ3n) is 3.16. The van der Waals surface area contributed by atoms with E-state index in [-0.39, 0.29) is 33.1 Å². The topological polar surface area (TPSA) is 83.4 Å². The zero-order valence-corrected chi connectivity index (χ0v) is 15.2. The third-order valence-corrected chi connectivity index (χ3v) is 3.91. The monoisotopic (exact) mass is 356 g/mol. The van der Waals surface area contributed by atoms with Crippen LogP contribution in [0.5, 0.6) is 5.75 Å². The van der Waals surface area contributed by atoms with Gasteiger partial charge >= 0.3 is 16.5 Å². The fraction of sp³-hybridized carbons (Fsp3) is 0.600. The van der Waals surface area contributed by atoms with E-state index in [1.165, 1.54) is 0 Å². The van der Waals surface area contributed by atoms with Gasteiger partial charge in [0.25, 0.3) is 0 Å². The van der Waals surface area contributed by atoms with Crippen LogP contribution in [0.15, 0.2) is 12.1 Å². The summed E-state index contributed by atoms with van der Waals surface area (Å²) in [5.41, 5.74) is 1.08. The summed E-state index contributed by atoms with van der Waals surface area (Å²) in [5, 5.41) is 10.5. The van der Waals surface area contributed by atoms with Crippen molar-refractivity contribution in [1.82, 2.24) is 0 Å². The number of rotatable bonds is 2. The van der Waals surface area contributed by atoms with Gasteiger partial charge in [0, 0.05) is 6.16 Å². The van der Waals surface area contributed by atoms with Crippen molar-refractivity contribution in [2.45, 2.75) is 58.5 Å². The summed E-state index contributed by atoms with van der Waals surface area (Å²) in [6.45, 7) is 11.6. The first-order valence-corrected chi connectivity index (χ1v) is 8.32. The van der Waals surface area contributed by atoms with Crippen LogP contribution in [0.1, 0.15) is 58.2 Å². The van der Waals surface area contributed by atoms with Crippen LogP contribution >= 0.6 is 7.60 Å². The Bertz CT molecular complexity index is 515. The van der Waals surface area contributed by atoms with Crippen LogP contribution in [-0.2, 0) is 38.0 Å². The Labute approximate surface area is 137 Å². The summed E-state index contributed by atoms with van der Waals surface area (Å²) in [6, 6.07) is 3.24. The predicted octanol–water partition coefficient (Wildman–Crippen LogP) is 2.40. The zero-order valence-electron chi connectivity index (χ0n) is 13.3. The molecular formula is C15H23NiO4P. The third kappa shape index (κ3) is 5.75. The summed E-state index contributed by atoms with van der Waals surface area (Å²) < 4.78 is 11.0. The number of benzene rings is 1. The second-order valence-corrected chi connectivity index (χ2v) is 8.85. The molecule has 1 rings (SSSR count). The van der Waals surface area contributed by atoms with Crippen LogP contribution in [0.3, 0.4) is 0 Å². The maximum absolute atomic E-state index is 11.0. The van der Waals surface area contributed by atoms with Gasteiger partial charge in [-0.3, -0.25) is 0 Å². The van der Waals surface area contributed by atoms with E-state index >= 15 is 0 Å². The molecule has 0 unspecified atom stereocenters. The quantitative estimate of drug-likeness (QED) is 0.651. The second-order valence-electron chi connectivity index (χ2n) is 7.31. The van der Waals surface area contributed by atoms with E-state index in [0.29, 0.717) is 16.7 Å². The van der Waals surface area contributed by atoms with E-state index in [0.717, 1.165) is 0 Å². The molecule has 0 spiro atoms. The molecule has 0 bridgehead atoms. The molecule has 0 fully saturated rings. The molecule has 6 heteroatoms. The molecule has 0 aliphatic carbocycles. The van der Waals surface area contributed by atoms with Gasteiger partial charge in [0.05, 0.1) is 0 Å². The molecule has 1 aromatic carbocycles. The van der Waals surface area contributed by atoms with Crippen molar-refractivity contribution < 1.29 is 35.9 Å². The average molecular weight is 357 g/mol. The molecule has 0 atom stereocenters. The first-order valence-electron chi connectivity index (χ1n) is 6.60. The molecule has 0 saturated heterocycles. The fourth-order valence-corrected chi connectivity index (χ4v) is 2.78. The van der Waals surface area contributed by atoms with Crippen molar-refractivity contribution in [2.75, 3.05) is 0 Å². The predicted molar refractivity (Wildman–Crippen MR) is 76.8 cm³/mol. The van der Waals surface area contributed by atoms with Gasteiger partial charge in [-0.15, -0.1) is 0 Å². The molecule has 122 valence electrons. The molecule has 0 radical (unpaired) electrons.